The van der Waals surface area contributed by atoms with Gasteiger partial charge in [0, 0.05) is 25.3 Å². The molecule has 1 aromatic rings. The third-order valence-electron chi connectivity index (χ3n) is 4.58. The second kappa shape index (κ2) is 7.97. The van der Waals surface area contributed by atoms with Crippen molar-refractivity contribution in [2.75, 3.05) is 31.6 Å². The number of carbonyl (C=O) groups is 1. The van der Waals surface area contributed by atoms with E-state index >= 15 is 0 Å². The maximum atomic E-state index is 12.5. The van der Waals surface area contributed by atoms with Crippen molar-refractivity contribution in [1.29, 1.82) is 0 Å². The summed E-state index contributed by atoms with van der Waals surface area (Å²) >= 11 is 6.35. The summed E-state index contributed by atoms with van der Waals surface area (Å²) < 4.78 is 5.28. The van der Waals surface area contributed by atoms with Crippen LogP contribution in [0.15, 0.2) is 12.3 Å². The van der Waals surface area contributed by atoms with Crippen LogP contribution in [0.5, 0.6) is 0 Å². The molecule has 0 bridgehead atoms. The molecule has 1 amide bonds. The predicted octanol–water partition coefficient (Wildman–Crippen LogP) is 3.34. The topological polar surface area (TPSA) is 54.5 Å². The minimum Gasteiger partial charge on any atom is -0.378 e. The minimum absolute atomic E-state index is 0.0243. The molecule has 126 valence electrons. The van der Waals surface area contributed by atoms with Crippen LogP contribution < -0.4 is 5.32 Å². The van der Waals surface area contributed by atoms with E-state index in [1.807, 2.05) is 0 Å². The molecule has 0 atom stereocenters. The lowest BCUT2D eigenvalue weighted by atomic mass is 10.1. The van der Waals surface area contributed by atoms with Gasteiger partial charge in [0.15, 0.2) is 0 Å². The summed E-state index contributed by atoms with van der Waals surface area (Å²) in [7, 11) is 0. The number of halogens is 1. The van der Waals surface area contributed by atoms with Gasteiger partial charge in [0.25, 0.3) is 5.91 Å². The number of ether oxygens (including phenoxy) is 1. The molecule has 0 aromatic carbocycles. The van der Waals surface area contributed by atoms with Gasteiger partial charge in [-0.25, -0.2) is 4.98 Å². The molecule has 1 aliphatic heterocycles. The van der Waals surface area contributed by atoms with Crippen molar-refractivity contribution < 1.29 is 9.53 Å². The first-order valence-electron chi connectivity index (χ1n) is 8.53. The van der Waals surface area contributed by atoms with E-state index < -0.39 is 0 Å². The summed E-state index contributed by atoms with van der Waals surface area (Å²) in [5.74, 6) is 0.667. The van der Waals surface area contributed by atoms with Crippen molar-refractivity contribution in [2.45, 2.75) is 44.6 Å². The fourth-order valence-electron chi connectivity index (χ4n) is 3.23. The summed E-state index contributed by atoms with van der Waals surface area (Å²) in [4.78, 5) is 18.6. The maximum Gasteiger partial charge on any atom is 0.255 e. The Balaban J connectivity index is 1.66. The molecule has 2 heterocycles. The monoisotopic (exact) mass is 337 g/mol. The molecule has 2 fully saturated rings. The molecule has 1 saturated heterocycles. The number of hydrogen-bond donors (Lipinski definition) is 1. The molecule has 0 unspecified atom stereocenters. The molecule has 1 N–H and O–H groups in total. The van der Waals surface area contributed by atoms with Gasteiger partial charge in [0.2, 0.25) is 0 Å². The number of pyridine rings is 1. The summed E-state index contributed by atoms with van der Waals surface area (Å²) in [5, 5.41) is 3.97. The zero-order chi connectivity index (χ0) is 16.1. The average molecular weight is 338 g/mol. The highest BCUT2D eigenvalue weighted by atomic mass is 35.5. The number of nitrogens with one attached hydrogen (secondary N) is 1. The summed E-state index contributed by atoms with van der Waals surface area (Å²) in [6.07, 6.45) is 9.08. The van der Waals surface area contributed by atoms with E-state index in [4.69, 9.17) is 16.3 Å². The van der Waals surface area contributed by atoms with E-state index in [0.717, 1.165) is 12.8 Å². The molecule has 0 radical (unpaired) electrons. The van der Waals surface area contributed by atoms with Gasteiger partial charge in [-0.2, -0.15) is 0 Å². The summed E-state index contributed by atoms with van der Waals surface area (Å²) in [6.45, 7) is 2.43. The van der Waals surface area contributed by atoms with E-state index in [2.05, 4.69) is 10.3 Å². The van der Waals surface area contributed by atoms with Gasteiger partial charge in [-0.1, -0.05) is 37.3 Å². The minimum atomic E-state index is -0.0243. The van der Waals surface area contributed by atoms with Gasteiger partial charge >= 0.3 is 0 Å². The quantitative estimate of drug-likeness (QED) is 0.859. The van der Waals surface area contributed by atoms with Crippen molar-refractivity contribution >= 4 is 23.3 Å². The molecule has 3 rings (SSSR count). The Kier molecular flexibility index (Phi) is 5.73. The second-order valence-electron chi connectivity index (χ2n) is 6.29. The van der Waals surface area contributed by atoms with E-state index in [-0.39, 0.29) is 5.91 Å². The Bertz CT molecular complexity index is 539. The third-order valence-corrected chi connectivity index (χ3v) is 4.87. The van der Waals surface area contributed by atoms with Crippen LogP contribution in [0.2, 0.25) is 5.02 Å². The first-order chi connectivity index (χ1) is 11.2. The lowest BCUT2D eigenvalue weighted by molar-refractivity contribution is 0.0302. The third kappa shape index (κ3) is 4.36. The standard InChI is InChI=1S/C17H24ClN3O2/c18-15-11-13(17(22)21-7-9-23-10-8-21)12-19-16(15)20-14-5-3-1-2-4-6-14/h11-12,14H,1-10H2,(H,19,20). The molecule has 6 heteroatoms. The van der Waals surface area contributed by atoms with Gasteiger partial charge in [-0.3, -0.25) is 4.79 Å². The number of nitrogens with zero attached hydrogens (tertiary/aromatic N) is 2. The van der Waals surface area contributed by atoms with Crippen LogP contribution in [0.3, 0.4) is 0 Å². The number of carbonyl (C=O) groups excluding carboxylic acids is 1. The molecular weight excluding hydrogens is 314 g/mol. The van der Waals surface area contributed by atoms with Gasteiger partial charge in [-0.05, 0) is 18.9 Å². The van der Waals surface area contributed by atoms with Crippen molar-refractivity contribution in [3.63, 3.8) is 0 Å². The number of aromatic nitrogens is 1. The SMILES string of the molecule is O=C(c1cnc(NC2CCCCCC2)c(Cl)c1)N1CCOCC1. The van der Waals surface area contributed by atoms with Crippen LogP contribution in [0.4, 0.5) is 5.82 Å². The Labute approximate surface area is 142 Å². The smallest absolute Gasteiger partial charge is 0.255 e. The fraction of sp³-hybridized carbons (Fsp3) is 0.647. The Morgan fingerprint density at radius 3 is 2.57 bits per heavy atom. The molecule has 0 spiro atoms. The first-order valence-corrected chi connectivity index (χ1v) is 8.91. The van der Waals surface area contributed by atoms with Crippen molar-refractivity contribution in [1.82, 2.24) is 9.88 Å². The fourth-order valence-corrected chi connectivity index (χ4v) is 3.45. The number of morpholine rings is 1. The molecule has 1 aliphatic carbocycles. The van der Waals surface area contributed by atoms with Gasteiger partial charge < -0.3 is 15.0 Å². The normalized spacial score (nSPS) is 20.1. The number of anilines is 1. The van der Waals surface area contributed by atoms with Gasteiger partial charge in [0.05, 0.1) is 23.8 Å². The molecule has 1 aromatic heterocycles. The largest absolute Gasteiger partial charge is 0.378 e. The number of hydrogen-bond acceptors (Lipinski definition) is 4. The molecule has 2 aliphatic rings. The van der Waals surface area contributed by atoms with Crippen LogP contribution in [0.1, 0.15) is 48.9 Å². The highest BCUT2D eigenvalue weighted by Crippen LogP contribution is 2.25. The van der Waals surface area contributed by atoms with E-state index in [0.29, 0.717) is 48.7 Å². The van der Waals surface area contributed by atoms with Crippen LogP contribution in [0, 0.1) is 0 Å². The molecular formula is C17H24ClN3O2. The van der Waals surface area contributed by atoms with E-state index in [1.165, 1.54) is 25.7 Å². The zero-order valence-electron chi connectivity index (χ0n) is 13.4. The molecule has 1 saturated carbocycles. The predicted molar refractivity (Wildman–Crippen MR) is 91.1 cm³/mol. The number of amides is 1. The second-order valence-corrected chi connectivity index (χ2v) is 6.70. The maximum absolute atomic E-state index is 12.5. The molecule has 5 nitrogen and oxygen atoms in total. The van der Waals surface area contributed by atoms with Crippen LogP contribution in [-0.2, 0) is 4.74 Å². The highest BCUT2D eigenvalue weighted by Gasteiger charge is 2.20. The van der Waals surface area contributed by atoms with Crippen LogP contribution in [-0.4, -0.2) is 48.1 Å². The van der Waals surface area contributed by atoms with Crippen molar-refractivity contribution in [2.24, 2.45) is 0 Å². The van der Waals surface area contributed by atoms with Crippen LogP contribution >= 0.6 is 11.6 Å². The zero-order valence-corrected chi connectivity index (χ0v) is 14.1. The lowest BCUT2D eigenvalue weighted by Gasteiger charge is -2.27. The Hall–Kier alpha value is -1.33. The molecule has 23 heavy (non-hydrogen) atoms. The Morgan fingerprint density at radius 1 is 1.22 bits per heavy atom. The van der Waals surface area contributed by atoms with E-state index in [1.54, 1.807) is 17.2 Å². The van der Waals surface area contributed by atoms with Crippen molar-refractivity contribution in [3.05, 3.63) is 22.8 Å². The van der Waals surface area contributed by atoms with Gasteiger partial charge in [0.1, 0.15) is 5.82 Å². The summed E-state index contributed by atoms with van der Waals surface area (Å²) in [5.41, 5.74) is 0.545. The van der Waals surface area contributed by atoms with Crippen molar-refractivity contribution in [3.8, 4) is 0 Å². The average Bonchev–Trinajstić information content (AvgIpc) is 2.85. The highest BCUT2D eigenvalue weighted by molar-refractivity contribution is 6.33. The lowest BCUT2D eigenvalue weighted by Crippen LogP contribution is -2.40. The summed E-state index contributed by atoms with van der Waals surface area (Å²) in [6, 6.07) is 2.16. The first kappa shape index (κ1) is 16.5. The van der Waals surface area contributed by atoms with Gasteiger partial charge in [-0.15, -0.1) is 0 Å². The Morgan fingerprint density at radius 2 is 1.91 bits per heavy atom. The van der Waals surface area contributed by atoms with E-state index in [9.17, 15) is 4.79 Å². The number of rotatable bonds is 3. The van der Waals surface area contributed by atoms with Crippen LogP contribution in [0.25, 0.3) is 0 Å².